The van der Waals surface area contributed by atoms with Crippen LogP contribution in [0.4, 0.5) is 5.82 Å². The minimum absolute atomic E-state index is 0.170. The number of hydrogen-bond acceptors (Lipinski definition) is 6. The van der Waals surface area contributed by atoms with E-state index in [1.807, 2.05) is 13.8 Å². The van der Waals surface area contributed by atoms with Crippen LogP contribution in [0.3, 0.4) is 0 Å². The van der Waals surface area contributed by atoms with Gasteiger partial charge in [-0.05, 0) is 12.0 Å². The van der Waals surface area contributed by atoms with Crippen molar-refractivity contribution in [1.29, 1.82) is 0 Å². The van der Waals surface area contributed by atoms with Crippen molar-refractivity contribution in [1.82, 2.24) is 5.16 Å². The predicted octanol–water partition coefficient (Wildman–Crippen LogP) is 3.07. The van der Waals surface area contributed by atoms with Gasteiger partial charge in [-0.25, -0.2) is 0 Å². The first-order valence-electron chi connectivity index (χ1n) is 6.58. The van der Waals surface area contributed by atoms with Gasteiger partial charge in [-0.1, -0.05) is 19.0 Å². The van der Waals surface area contributed by atoms with Gasteiger partial charge in [0.05, 0.1) is 26.9 Å². The van der Waals surface area contributed by atoms with Crippen LogP contribution < -0.4 is 19.9 Å². The largest absolute Gasteiger partial charge is 0.496 e. The Morgan fingerprint density at radius 1 is 1.00 bits per heavy atom. The molecule has 2 N–H and O–H groups in total. The topological polar surface area (TPSA) is 79.7 Å². The zero-order valence-electron chi connectivity index (χ0n) is 12.9. The summed E-state index contributed by atoms with van der Waals surface area (Å²) in [5, 5.41) is 3.86. The highest BCUT2D eigenvalue weighted by Gasteiger charge is 2.23. The number of anilines is 1. The third kappa shape index (κ3) is 2.61. The van der Waals surface area contributed by atoms with Crippen molar-refractivity contribution in [2.45, 2.75) is 19.8 Å². The van der Waals surface area contributed by atoms with Gasteiger partial charge in [0, 0.05) is 11.6 Å². The molecule has 0 amide bonds. The Labute approximate surface area is 123 Å². The van der Waals surface area contributed by atoms with Gasteiger partial charge < -0.3 is 24.5 Å². The molecule has 1 aromatic heterocycles. The van der Waals surface area contributed by atoms with Crippen LogP contribution in [0.25, 0.3) is 11.3 Å². The molecule has 0 unspecified atom stereocenters. The van der Waals surface area contributed by atoms with E-state index in [0.29, 0.717) is 28.8 Å². The number of nitrogens with zero attached hydrogens (tertiary/aromatic N) is 1. The lowest BCUT2D eigenvalue weighted by atomic mass is 9.98. The highest BCUT2D eigenvalue weighted by Crippen LogP contribution is 2.43. The van der Waals surface area contributed by atoms with Crippen LogP contribution in [0.15, 0.2) is 16.7 Å². The molecule has 0 saturated heterocycles. The van der Waals surface area contributed by atoms with Crippen LogP contribution >= 0.6 is 0 Å². The summed E-state index contributed by atoms with van der Waals surface area (Å²) in [4.78, 5) is 0. The van der Waals surface area contributed by atoms with Crippen molar-refractivity contribution >= 4 is 5.82 Å². The van der Waals surface area contributed by atoms with Gasteiger partial charge in [0.1, 0.15) is 5.75 Å². The maximum Gasteiger partial charge on any atom is 0.176 e. The number of aromatic nitrogens is 1. The van der Waals surface area contributed by atoms with Crippen molar-refractivity contribution in [3.8, 4) is 28.6 Å². The Kier molecular flexibility index (Phi) is 4.26. The van der Waals surface area contributed by atoms with Crippen LogP contribution in [0.1, 0.15) is 25.3 Å². The van der Waals surface area contributed by atoms with Crippen molar-refractivity contribution in [2.24, 2.45) is 0 Å². The second kappa shape index (κ2) is 5.95. The van der Waals surface area contributed by atoms with E-state index < -0.39 is 0 Å². The molecular weight excluding hydrogens is 272 g/mol. The smallest absolute Gasteiger partial charge is 0.176 e. The predicted molar refractivity (Wildman–Crippen MR) is 80.1 cm³/mol. The fourth-order valence-corrected chi connectivity index (χ4v) is 2.27. The van der Waals surface area contributed by atoms with E-state index in [1.165, 1.54) is 0 Å². The fourth-order valence-electron chi connectivity index (χ4n) is 2.27. The lowest BCUT2D eigenvalue weighted by Crippen LogP contribution is -1.98. The molecule has 0 aliphatic carbocycles. The molecule has 2 aromatic rings. The first-order valence-corrected chi connectivity index (χ1v) is 6.58. The monoisotopic (exact) mass is 292 g/mol. The summed E-state index contributed by atoms with van der Waals surface area (Å²) in [6.07, 6.45) is 0. The summed E-state index contributed by atoms with van der Waals surface area (Å²) in [6.45, 7) is 4.05. The van der Waals surface area contributed by atoms with Gasteiger partial charge in [0.15, 0.2) is 23.1 Å². The van der Waals surface area contributed by atoms with Crippen LogP contribution in [0, 0.1) is 0 Å². The quantitative estimate of drug-likeness (QED) is 0.912. The van der Waals surface area contributed by atoms with Crippen LogP contribution in [0.2, 0.25) is 0 Å². The number of nitrogens with two attached hydrogens (primary N) is 1. The van der Waals surface area contributed by atoms with Gasteiger partial charge in [-0.3, -0.25) is 0 Å². The maximum absolute atomic E-state index is 5.90. The van der Waals surface area contributed by atoms with E-state index in [2.05, 4.69) is 5.16 Å². The first-order chi connectivity index (χ1) is 10.0. The average Bonchev–Trinajstić information content (AvgIpc) is 2.87. The summed E-state index contributed by atoms with van der Waals surface area (Å²) >= 11 is 0. The Morgan fingerprint density at radius 2 is 1.57 bits per heavy atom. The Morgan fingerprint density at radius 3 is 2.10 bits per heavy atom. The number of rotatable bonds is 5. The first kappa shape index (κ1) is 15.0. The van der Waals surface area contributed by atoms with Gasteiger partial charge in [-0.15, -0.1) is 0 Å². The SMILES string of the molecule is COc1cc(OC)c(-c2onc(N)c2C(C)C)cc1OC. The van der Waals surface area contributed by atoms with Crippen molar-refractivity contribution in [2.75, 3.05) is 27.1 Å². The molecular formula is C15H20N2O4. The molecule has 114 valence electrons. The second-order valence-corrected chi connectivity index (χ2v) is 4.87. The van der Waals surface area contributed by atoms with E-state index >= 15 is 0 Å². The third-order valence-electron chi connectivity index (χ3n) is 3.28. The van der Waals surface area contributed by atoms with Crippen LogP contribution in [0.5, 0.6) is 17.2 Å². The van der Waals surface area contributed by atoms with Crippen LogP contribution in [-0.4, -0.2) is 26.5 Å². The van der Waals surface area contributed by atoms with Gasteiger partial charge in [-0.2, -0.15) is 0 Å². The highest BCUT2D eigenvalue weighted by molar-refractivity contribution is 5.75. The molecule has 0 aliphatic rings. The normalized spacial score (nSPS) is 10.8. The number of hydrogen-bond donors (Lipinski definition) is 1. The van der Waals surface area contributed by atoms with Crippen LogP contribution in [-0.2, 0) is 0 Å². The molecule has 6 heteroatoms. The van der Waals surface area contributed by atoms with Crippen molar-refractivity contribution in [3.63, 3.8) is 0 Å². The standard InChI is InChI=1S/C15H20N2O4/c1-8(2)13-14(21-17-15(13)16)9-6-11(19-4)12(20-5)7-10(9)18-3/h6-8H,1-5H3,(H2,16,17). The maximum atomic E-state index is 5.90. The summed E-state index contributed by atoms with van der Waals surface area (Å²) in [5.74, 6) is 2.90. The molecule has 0 spiro atoms. The van der Waals surface area contributed by atoms with Crippen molar-refractivity contribution < 1.29 is 18.7 Å². The van der Waals surface area contributed by atoms with Gasteiger partial charge in [0.2, 0.25) is 0 Å². The Bertz CT molecular complexity index is 635. The summed E-state index contributed by atoms with van der Waals surface area (Å²) in [6, 6.07) is 3.54. The molecule has 21 heavy (non-hydrogen) atoms. The zero-order valence-corrected chi connectivity index (χ0v) is 12.9. The zero-order chi connectivity index (χ0) is 15.6. The fraction of sp³-hybridized carbons (Fsp3) is 0.400. The second-order valence-electron chi connectivity index (χ2n) is 4.87. The van der Waals surface area contributed by atoms with E-state index in [-0.39, 0.29) is 5.92 Å². The molecule has 6 nitrogen and oxygen atoms in total. The van der Waals surface area contributed by atoms with E-state index in [0.717, 1.165) is 11.1 Å². The summed E-state index contributed by atoms with van der Waals surface area (Å²) < 4.78 is 21.4. The lowest BCUT2D eigenvalue weighted by Gasteiger charge is -2.14. The van der Waals surface area contributed by atoms with Gasteiger partial charge in [0.25, 0.3) is 0 Å². The average molecular weight is 292 g/mol. The molecule has 1 aromatic carbocycles. The summed E-state index contributed by atoms with van der Waals surface area (Å²) in [7, 11) is 4.73. The van der Waals surface area contributed by atoms with E-state index in [9.17, 15) is 0 Å². The summed E-state index contributed by atoms with van der Waals surface area (Å²) in [5.41, 5.74) is 7.47. The van der Waals surface area contributed by atoms with Crippen molar-refractivity contribution in [3.05, 3.63) is 17.7 Å². The Hall–Kier alpha value is -2.37. The molecule has 0 fully saturated rings. The third-order valence-corrected chi connectivity index (χ3v) is 3.28. The molecule has 2 rings (SSSR count). The minimum Gasteiger partial charge on any atom is -0.496 e. The molecule has 0 atom stereocenters. The molecule has 0 bridgehead atoms. The molecule has 1 heterocycles. The highest BCUT2D eigenvalue weighted by atomic mass is 16.5. The lowest BCUT2D eigenvalue weighted by molar-refractivity contribution is 0.348. The Balaban J connectivity index is 2.68. The molecule has 0 aliphatic heterocycles. The van der Waals surface area contributed by atoms with Gasteiger partial charge >= 0.3 is 0 Å². The number of ether oxygens (including phenoxy) is 3. The number of nitrogen functional groups attached to an aromatic ring is 1. The number of benzene rings is 1. The van der Waals surface area contributed by atoms with E-state index in [1.54, 1.807) is 33.5 Å². The van der Waals surface area contributed by atoms with E-state index in [4.69, 9.17) is 24.5 Å². The number of methoxy groups -OCH3 is 3. The minimum atomic E-state index is 0.170. The molecule has 0 radical (unpaired) electrons. The molecule has 0 saturated carbocycles.